The summed E-state index contributed by atoms with van der Waals surface area (Å²) in [6.07, 6.45) is 0. The smallest absolute Gasteiger partial charge is 0.344 e. The molecule has 0 spiro atoms. The summed E-state index contributed by atoms with van der Waals surface area (Å²) in [6, 6.07) is 13.0. The number of carbonyl (C=O) groups is 1. The minimum atomic E-state index is -0.433. The van der Waals surface area contributed by atoms with Gasteiger partial charge in [-0.25, -0.2) is 9.78 Å². The molecule has 0 aliphatic carbocycles. The largest absolute Gasteiger partial charge is 0.482 e. The number of benzene rings is 2. The molecule has 3 aromatic rings. The van der Waals surface area contributed by atoms with Crippen LogP contribution in [0.5, 0.6) is 5.75 Å². The topological polar surface area (TPSA) is 48.4 Å². The van der Waals surface area contributed by atoms with Gasteiger partial charge in [-0.3, -0.25) is 0 Å². The lowest BCUT2D eigenvalue weighted by Gasteiger charge is -2.07. The van der Waals surface area contributed by atoms with Crippen molar-refractivity contribution in [1.82, 2.24) is 4.98 Å². The normalized spacial score (nSPS) is 10.7. The van der Waals surface area contributed by atoms with E-state index < -0.39 is 5.97 Å². The van der Waals surface area contributed by atoms with E-state index in [1.165, 1.54) is 11.3 Å². The summed E-state index contributed by atoms with van der Waals surface area (Å²) >= 11 is 7.45. The molecular weight excluding hydrogens is 334 g/mol. The van der Waals surface area contributed by atoms with Gasteiger partial charge in [-0.1, -0.05) is 23.7 Å². The molecule has 2 aromatic carbocycles. The predicted octanol–water partition coefficient (Wildman–Crippen LogP) is 4.38. The summed E-state index contributed by atoms with van der Waals surface area (Å²) in [7, 11) is 0. The molecule has 118 valence electrons. The fourth-order valence-corrected chi connectivity index (χ4v) is 3.01. The molecule has 1 aromatic heterocycles. The number of ether oxygens (including phenoxy) is 2. The minimum absolute atomic E-state index is 0.147. The molecule has 0 aliphatic rings. The lowest BCUT2D eigenvalue weighted by Crippen LogP contribution is -2.14. The van der Waals surface area contributed by atoms with Gasteiger partial charge in [0, 0.05) is 5.02 Å². The van der Waals surface area contributed by atoms with Crippen LogP contribution in [0.15, 0.2) is 42.5 Å². The third-order valence-corrected chi connectivity index (χ3v) is 4.61. The number of nitrogens with zero attached hydrogens (tertiary/aromatic N) is 1. The van der Waals surface area contributed by atoms with Gasteiger partial charge in [0.25, 0.3) is 0 Å². The Labute approximate surface area is 142 Å². The van der Waals surface area contributed by atoms with Gasteiger partial charge >= 0.3 is 5.97 Å². The first kappa shape index (κ1) is 15.8. The van der Waals surface area contributed by atoms with Crippen LogP contribution in [0, 0.1) is 6.92 Å². The van der Waals surface area contributed by atoms with E-state index in [1.54, 1.807) is 18.2 Å². The van der Waals surface area contributed by atoms with E-state index in [9.17, 15) is 4.79 Å². The first-order chi connectivity index (χ1) is 11.1. The molecule has 0 N–H and O–H groups in total. The van der Waals surface area contributed by atoms with Crippen LogP contribution in [0.3, 0.4) is 0 Å². The summed E-state index contributed by atoms with van der Waals surface area (Å²) in [5.41, 5.74) is 1.81. The molecule has 0 saturated carbocycles. The summed E-state index contributed by atoms with van der Waals surface area (Å²) in [5, 5.41) is 1.43. The van der Waals surface area contributed by atoms with E-state index in [-0.39, 0.29) is 13.2 Å². The lowest BCUT2D eigenvalue weighted by atomic mass is 10.2. The number of rotatable bonds is 5. The molecule has 0 atom stereocenters. The second-order valence-corrected chi connectivity index (χ2v) is 6.46. The van der Waals surface area contributed by atoms with E-state index in [1.807, 2.05) is 31.2 Å². The molecule has 23 heavy (non-hydrogen) atoms. The van der Waals surface area contributed by atoms with Crippen molar-refractivity contribution in [2.45, 2.75) is 13.5 Å². The SMILES string of the molecule is Cc1cc(OCC(=O)OCc2nc3ccccc3s2)ccc1Cl. The lowest BCUT2D eigenvalue weighted by molar-refractivity contribution is -0.147. The third kappa shape index (κ3) is 4.00. The number of esters is 1. The molecule has 6 heteroatoms. The minimum Gasteiger partial charge on any atom is -0.482 e. The van der Waals surface area contributed by atoms with Crippen molar-refractivity contribution in [1.29, 1.82) is 0 Å². The zero-order chi connectivity index (χ0) is 16.2. The number of carbonyl (C=O) groups excluding carboxylic acids is 1. The number of hydrogen-bond donors (Lipinski definition) is 0. The van der Waals surface area contributed by atoms with Crippen LogP contribution >= 0.6 is 22.9 Å². The molecule has 1 heterocycles. The summed E-state index contributed by atoms with van der Waals surface area (Å²) < 4.78 is 11.7. The van der Waals surface area contributed by atoms with E-state index in [2.05, 4.69) is 4.98 Å². The van der Waals surface area contributed by atoms with Gasteiger partial charge in [-0.05, 0) is 42.8 Å². The van der Waals surface area contributed by atoms with Crippen LogP contribution < -0.4 is 4.74 Å². The van der Waals surface area contributed by atoms with Gasteiger partial charge in [0.1, 0.15) is 17.4 Å². The molecule has 0 fully saturated rings. The molecule has 0 unspecified atom stereocenters. The quantitative estimate of drug-likeness (QED) is 0.642. The van der Waals surface area contributed by atoms with Crippen molar-refractivity contribution < 1.29 is 14.3 Å². The van der Waals surface area contributed by atoms with E-state index in [0.717, 1.165) is 20.8 Å². The Hall–Kier alpha value is -2.11. The fraction of sp³-hybridized carbons (Fsp3) is 0.176. The summed E-state index contributed by atoms with van der Waals surface area (Å²) in [5.74, 6) is 0.153. The Bertz CT molecular complexity index is 814. The van der Waals surface area contributed by atoms with Crippen LogP contribution in [0.25, 0.3) is 10.2 Å². The summed E-state index contributed by atoms with van der Waals surface area (Å²) in [4.78, 5) is 16.2. The predicted molar refractivity (Wildman–Crippen MR) is 91.1 cm³/mol. The average Bonchev–Trinajstić information content (AvgIpc) is 2.97. The number of thiazole rings is 1. The third-order valence-electron chi connectivity index (χ3n) is 3.18. The van der Waals surface area contributed by atoms with Gasteiger partial charge in [0.05, 0.1) is 10.2 Å². The zero-order valence-electron chi connectivity index (χ0n) is 12.4. The van der Waals surface area contributed by atoms with Crippen LogP contribution in [-0.4, -0.2) is 17.6 Å². The van der Waals surface area contributed by atoms with Crippen molar-refractivity contribution in [3.8, 4) is 5.75 Å². The number of aromatic nitrogens is 1. The van der Waals surface area contributed by atoms with Crippen molar-refractivity contribution >= 4 is 39.1 Å². The van der Waals surface area contributed by atoms with E-state index >= 15 is 0 Å². The Morgan fingerprint density at radius 3 is 2.87 bits per heavy atom. The van der Waals surface area contributed by atoms with Gasteiger partial charge in [0.15, 0.2) is 6.61 Å². The molecule has 0 aliphatic heterocycles. The molecule has 4 nitrogen and oxygen atoms in total. The maximum Gasteiger partial charge on any atom is 0.344 e. The number of aryl methyl sites for hydroxylation is 1. The molecule has 3 rings (SSSR count). The first-order valence-electron chi connectivity index (χ1n) is 7.01. The molecule has 0 radical (unpaired) electrons. The number of hydrogen-bond acceptors (Lipinski definition) is 5. The highest BCUT2D eigenvalue weighted by molar-refractivity contribution is 7.18. The molecular formula is C17H14ClNO3S. The van der Waals surface area contributed by atoms with Crippen molar-refractivity contribution in [2.24, 2.45) is 0 Å². The van der Waals surface area contributed by atoms with Gasteiger partial charge in [0.2, 0.25) is 0 Å². The number of fused-ring (bicyclic) bond motifs is 1. The maximum absolute atomic E-state index is 11.8. The first-order valence-corrected chi connectivity index (χ1v) is 8.20. The highest BCUT2D eigenvalue weighted by Gasteiger charge is 2.09. The van der Waals surface area contributed by atoms with Gasteiger partial charge < -0.3 is 9.47 Å². The van der Waals surface area contributed by atoms with E-state index in [4.69, 9.17) is 21.1 Å². The Kier molecular flexibility index (Phi) is 4.79. The Morgan fingerprint density at radius 1 is 1.26 bits per heavy atom. The second kappa shape index (κ2) is 6.98. The van der Waals surface area contributed by atoms with Crippen molar-refractivity contribution in [3.63, 3.8) is 0 Å². The summed E-state index contributed by atoms with van der Waals surface area (Å²) in [6.45, 7) is 1.88. The van der Waals surface area contributed by atoms with Crippen molar-refractivity contribution in [3.05, 3.63) is 58.1 Å². The molecule has 0 bridgehead atoms. The zero-order valence-corrected chi connectivity index (χ0v) is 14.0. The average molecular weight is 348 g/mol. The van der Waals surface area contributed by atoms with Crippen LogP contribution in [-0.2, 0) is 16.1 Å². The second-order valence-electron chi connectivity index (χ2n) is 4.94. The van der Waals surface area contributed by atoms with Crippen LogP contribution in [0.1, 0.15) is 10.6 Å². The van der Waals surface area contributed by atoms with Crippen LogP contribution in [0.4, 0.5) is 0 Å². The number of halogens is 1. The standard InChI is InChI=1S/C17H14ClNO3S/c1-11-8-12(6-7-13(11)18)21-10-17(20)22-9-16-19-14-4-2-3-5-15(14)23-16/h2-8H,9-10H2,1H3. The monoisotopic (exact) mass is 347 g/mol. The van der Waals surface area contributed by atoms with Gasteiger partial charge in [-0.15, -0.1) is 11.3 Å². The van der Waals surface area contributed by atoms with Crippen LogP contribution in [0.2, 0.25) is 5.02 Å². The molecule has 0 saturated heterocycles. The van der Waals surface area contributed by atoms with E-state index in [0.29, 0.717) is 10.8 Å². The maximum atomic E-state index is 11.8. The van der Waals surface area contributed by atoms with Crippen molar-refractivity contribution in [2.75, 3.05) is 6.61 Å². The Balaban J connectivity index is 1.52. The highest BCUT2D eigenvalue weighted by Crippen LogP contribution is 2.22. The van der Waals surface area contributed by atoms with Gasteiger partial charge in [-0.2, -0.15) is 0 Å². The Morgan fingerprint density at radius 2 is 2.09 bits per heavy atom. The molecule has 0 amide bonds. The fourth-order valence-electron chi connectivity index (χ4n) is 2.01. The number of para-hydroxylation sites is 1. The highest BCUT2D eigenvalue weighted by atomic mass is 35.5.